The van der Waals surface area contributed by atoms with Crippen LogP contribution in [0.4, 0.5) is 0 Å². The highest BCUT2D eigenvalue weighted by molar-refractivity contribution is 5.35. The topological polar surface area (TPSA) is 47.7 Å². The smallest absolute Gasteiger partial charge is 0.110 e. The molecule has 0 saturated heterocycles. The minimum absolute atomic E-state index is 0.476. The van der Waals surface area contributed by atoms with Gasteiger partial charge in [-0.3, -0.25) is 4.57 Å². The van der Waals surface area contributed by atoms with Gasteiger partial charge in [0, 0.05) is 43.6 Å². The summed E-state index contributed by atoms with van der Waals surface area (Å²) in [7, 11) is 0. The molecule has 1 aromatic carbocycles. The van der Waals surface area contributed by atoms with Crippen molar-refractivity contribution in [3.05, 3.63) is 66.3 Å². The number of rotatable bonds is 4. The van der Waals surface area contributed by atoms with E-state index in [1.165, 1.54) is 17.2 Å². The molecule has 4 rings (SSSR count). The number of hydrogen-bond acceptors (Lipinski definition) is 3. The minimum atomic E-state index is 0.476. The van der Waals surface area contributed by atoms with E-state index < -0.39 is 0 Å². The maximum absolute atomic E-state index is 4.49. The maximum atomic E-state index is 4.49. The predicted molar refractivity (Wildman–Crippen MR) is 89.5 cm³/mol. The van der Waals surface area contributed by atoms with Crippen molar-refractivity contribution in [2.24, 2.45) is 0 Å². The Kier molecular flexibility index (Phi) is 3.71. The minimum Gasteiger partial charge on any atom is -0.335 e. The molecule has 3 aromatic rings. The largest absolute Gasteiger partial charge is 0.335 e. The van der Waals surface area contributed by atoms with Crippen molar-refractivity contribution in [3.8, 4) is 5.69 Å². The monoisotopic (exact) mass is 307 g/mol. The molecule has 0 saturated carbocycles. The Morgan fingerprint density at radius 3 is 2.96 bits per heavy atom. The fourth-order valence-corrected chi connectivity index (χ4v) is 3.32. The third-order valence-electron chi connectivity index (χ3n) is 4.55. The zero-order valence-corrected chi connectivity index (χ0v) is 13.3. The van der Waals surface area contributed by atoms with Crippen molar-refractivity contribution in [2.75, 3.05) is 0 Å². The van der Waals surface area contributed by atoms with Crippen LogP contribution < -0.4 is 5.32 Å². The van der Waals surface area contributed by atoms with Crippen LogP contribution in [0.5, 0.6) is 0 Å². The Hall–Kier alpha value is -2.40. The fraction of sp³-hybridized carbons (Fsp3) is 0.333. The molecule has 0 spiro atoms. The van der Waals surface area contributed by atoms with Gasteiger partial charge in [-0.1, -0.05) is 18.2 Å². The Balaban J connectivity index is 1.48. The van der Waals surface area contributed by atoms with Gasteiger partial charge in [0.05, 0.1) is 11.9 Å². The van der Waals surface area contributed by atoms with Gasteiger partial charge in [0.1, 0.15) is 11.6 Å². The number of para-hydroxylation sites is 1. The fourth-order valence-electron chi connectivity index (χ4n) is 3.32. The second kappa shape index (κ2) is 6.01. The number of benzene rings is 1. The highest BCUT2D eigenvalue weighted by Gasteiger charge is 2.19. The number of hydrogen-bond donors (Lipinski definition) is 1. The zero-order valence-electron chi connectivity index (χ0n) is 13.3. The molecule has 0 aliphatic carbocycles. The number of nitrogens with zero attached hydrogens (tertiary/aromatic N) is 4. The SMILES string of the molecule is Cc1ncc(CNC2CCn3ccnc3C2)n1-c1ccccc1. The summed E-state index contributed by atoms with van der Waals surface area (Å²) in [6.45, 7) is 3.92. The molecule has 0 radical (unpaired) electrons. The van der Waals surface area contributed by atoms with Crippen LogP contribution in [0.25, 0.3) is 5.69 Å². The zero-order chi connectivity index (χ0) is 15.6. The van der Waals surface area contributed by atoms with E-state index in [-0.39, 0.29) is 0 Å². The quantitative estimate of drug-likeness (QED) is 0.805. The molecule has 5 heteroatoms. The number of aryl methyl sites for hydroxylation is 2. The average molecular weight is 307 g/mol. The molecule has 5 nitrogen and oxygen atoms in total. The summed E-state index contributed by atoms with van der Waals surface area (Å²) in [5, 5.41) is 3.68. The number of nitrogens with one attached hydrogen (secondary N) is 1. The second-order valence-electron chi connectivity index (χ2n) is 6.08. The second-order valence-corrected chi connectivity index (χ2v) is 6.08. The maximum Gasteiger partial charge on any atom is 0.110 e. The summed E-state index contributed by atoms with van der Waals surface area (Å²) >= 11 is 0. The molecule has 1 N–H and O–H groups in total. The lowest BCUT2D eigenvalue weighted by atomic mass is 10.1. The van der Waals surface area contributed by atoms with Crippen LogP contribution in [0.1, 0.15) is 23.8 Å². The van der Waals surface area contributed by atoms with Crippen molar-refractivity contribution in [3.63, 3.8) is 0 Å². The van der Waals surface area contributed by atoms with Crippen LogP contribution in [0.15, 0.2) is 48.9 Å². The summed E-state index contributed by atoms with van der Waals surface area (Å²) in [4.78, 5) is 8.93. The van der Waals surface area contributed by atoms with E-state index in [4.69, 9.17) is 0 Å². The molecule has 2 aromatic heterocycles. The number of imidazole rings is 2. The van der Waals surface area contributed by atoms with E-state index in [9.17, 15) is 0 Å². The average Bonchev–Trinajstić information content (AvgIpc) is 3.19. The van der Waals surface area contributed by atoms with E-state index in [1.807, 2.05) is 25.4 Å². The van der Waals surface area contributed by atoms with Gasteiger partial charge < -0.3 is 9.88 Å². The Labute approximate surface area is 136 Å². The van der Waals surface area contributed by atoms with Crippen molar-refractivity contribution in [2.45, 2.75) is 38.9 Å². The summed E-state index contributed by atoms with van der Waals surface area (Å²) in [6, 6.07) is 10.9. The van der Waals surface area contributed by atoms with E-state index in [2.05, 4.69) is 54.9 Å². The summed E-state index contributed by atoms with van der Waals surface area (Å²) in [5.41, 5.74) is 2.36. The van der Waals surface area contributed by atoms with E-state index >= 15 is 0 Å². The first-order valence-corrected chi connectivity index (χ1v) is 8.13. The lowest BCUT2D eigenvalue weighted by Gasteiger charge is -2.24. The number of fused-ring (bicyclic) bond motifs is 1. The molecule has 23 heavy (non-hydrogen) atoms. The van der Waals surface area contributed by atoms with Crippen LogP contribution in [0.2, 0.25) is 0 Å². The standard InChI is InChI=1S/C18H21N5/c1-14-20-12-17(23(14)16-5-3-2-4-6-16)13-21-15-7-9-22-10-8-19-18(22)11-15/h2-6,8,10,12,15,21H,7,9,11,13H2,1H3. The first-order valence-electron chi connectivity index (χ1n) is 8.13. The molecule has 1 unspecified atom stereocenters. The van der Waals surface area contributed by atoms with E-state index in [0.717, 1.165) is 31.8 Å². The van der Waals surface area contributed by atoms with Gasteiger partial charge in [-0.15, -0.1) is 0 Å². The summed E-state index contributed by atoms with van der Waals surface area (Å²) in [5.74, 6) is 2.20. The third-order valence-corrected chi connectivity index (χ3v) is 4.55. The molecule has 0 fully saturated rings. The van der Waals surface area contributed by atoms with Gasteiger partial charge in [-0.2, -0.15) is 0 Å². The molecule has 118 valence electrons. The van der Waals surface area contributed by atoms with Crippen LogP contribution in [-0.4, -0.2) is 25.1 Å². The molecule has 0 amide bonds. The Morgan fingerprint density at radius 1 is 1.22 bits per heavy atom. The first kappa shape index (κ1) is 14.2. The molecule has 0 bridgehead atoms. The highest BCUT2D eigenvalue weighted by Crippen LogP contribution is 2.16. The van der Waals surface area contributed by atoms with Gasteiger partial charge in [-0.05, 0) is 25.5 Å². The van der Waals surface area contributed by atoms with Crippen molar-refractivity contribution in [1.82, 2.24) is 24.4 Å². The molecule has 1 atom stereocenters. The van der Waals surface area contributed by atoms with Crippen LogP contribution >= 0.6 is 0 Å². The number of aromatic nitrogens is 4. The van der Waals surface area contributed by atoms with Crippen LogP contribution in [0.3, 0.4) is 0 Å². The highest BCUT2D eigenvalue weighted by atomic mass is 15.1. The Morgan fingerprint density at radius 2 is 2.09 bits per heavy atom. The van der Waals surface area contributed by atoms with E-state index in [1.54, 1.807) is 0 Å². The molecule has 1 aliphatic rings. The molecular weight excluding hydrogens is 286 g/mol. The normalized spacial score (nSPS) is 17.2. The van der Waals surface area contributed by atoms with Gasteiger partial charge in [0.2, 0.25) is 0 Å². The lowest BCUT2D eigenvalue weighted by Crippen LogP contribution is -2.36. The van der Waals surface area contributed by atoms with Gasteiger partial charge in [-0.25, -0.2) is 9.97 Å². The van der Waals surface area contributed by atoms with Gasteiger partial charge in [0.25, 0.3) is 0 Å². The van der Waals surface area contributed by atoms with Gasteiger partial charge in [0.15, 0.2) is 0 Å². The summed E-state index contributed by atoms with van der Waals surface area (Å²) < 4.78 is 4.47. The lowest BCUT2D eigenvalue weighted by molar-refractivity contribution is 0.390. The Bertz CT molecular complexity index is 787. The summed E-state index contributed by atoms with van der Waals surface area (Å²) in [6.07, 6.45) is 8.07. The van der Waals surface area contributed by atoms with Crippen LogP contribution in [-0.2, 0) is 19.5 Å². The van der Waals surface area contributed by atoms with Crippen LogP contribution in [0, 0.1) is 6.92 Å². The van der Waals surface area contributed by atoms with Gasteiger partial charge >= 0.3 is 0 Å². The van der Waals surface area contributed by atoms with Crippen molar-refractivity contribution >= 4 is 0 Å². The predicted octanol–water partition coefficient (Wildman–Crippen LogP) is 2.48. The molecule has 1 aliphatic heterocycles. The first-order chi connectivity index (χ1) is 11.3. The third kappa shape index (κ3) is 2.80. The molecule has 3 heterocycles. The molecular formula is C18H21N5. The van der Waals surface area contributed by atoms with Crippen molar-refractivity contribution in [1.29, 1.82) is 0 Å². The van der Waals surface area contributed by atoms with E-state index in [0.29, 0.717) is 6.04 Å². The van der Waals surface area contributed by atoms with Crippen molar-refractivity contribution < 1.29 is 0 Å².